The first-order valence-electron chi connectivity index (χ1n) is 7.90. The van der Waals surface area contributed by atoms with Crippen molar-refractivity contribution in [3.05, 3.63) is 51.5 Å². The molecule has 0 spiro atoms. The molecule has 0 amide bonds. The lowest BCUT2D eigenvalue weighted by Crippen LogP contribution is -2.36. The van der Waals surface area contributed by atoms with Gasteiger partial charge in [0.1, 0.15) is 11.6 Å². The zero-order valence-corrected chi connectivity index (χ0v) is 17.6. The number of rotatable bonds is 6. The molecule has 1 heterocycles. The Balaban J connectivity index is 0.00000312. The maximum absolute atomic E-state index is 13.6. The molecule has 0 aliphatic carbocycles. The number of guanidine groups is 1. The maximum atomic E-state index is 13.6. The molecule has 2 N–H and O–H groups in total. The number of thiazole rings is 1. The SMILES string of the molecule is CCNC(=NCc1cc(F)ccc1F)NCc1csc(C(C)C)n1.I. The van der Waals surface area contributed by atoms with Gasteiger partial charge in [-0.1, -0.05) is 13.8 Å². The highest BCUT2D eigenvalue weighted by molar-refractivity contribution is 14.0. The first kappa shape index (κ1) is 21.8. The summed E-state index contributed by atoms with van der Waals surface area (Å²) in [5.74, 6) is 0.0159. The predicted molar refractivity (Wildman–Crippen MR) is 110 cm³/mol. The zero-order chi connectivity index (χ0) is 17.5. The average molecular weight is 480 g/mol. The molecule has 0 saturated heterocycles. The van der Waals surface area contributed by atoms with Crippen LogP contribution in [-0.4, -0.2) is 17.5 Å². The molecule has 0 saturated carbocycles. The number of nitrogens with zero attached hydrogens (tertiary/aromatic N) is 2. The van der Waals surface area contributed by atoms with Crippen LogP contribution in [-0.2, 0) is 13.1 Å². The fourth-order valence-corrected chi connectivity index (χ4v) is 2.85. The molecule has 25 heavy (non-hydrogen) atoms. The summed E-state index contributed by atoms with van der Waals surface area (Å²) in [4.78, 5) is 8.86. The fraction of sp³-hybridized carbons (Fsp3) is 0.412. The van der Waals surface area contributed by atoms with Gasteiger partial charge in [0.25, 0.3) is 0 Å². The molecule has 1 aromatic carbocycles. The van der Waals surface area contributed by atoms with Crippen molar-refractivity contribution in [2.24, 2.45) is 4.99 Å². The van der Waals surface area contributed by atoms with Gasteiger partial charge in [-0.05, 0) is 25.1 Å². The molecule has 2 rings (SSSR count). The smallest absolute Gasteiger partial charge is 0.191 e. The molecular formula is C17H23F2IN4S. The van der Waals surface area contributed by atoms with E-state index in [1.54, 1.807) is 11.3 Å². The van der Waals surface area contributed by atoms with Crippen LogP contribution in [0.5, 0.6) is 0 Å². The highest BCUT2D eigenvalue weighted by atomic mass is 127. The molecule has 0 unspecified atom stereocenters. The summed E-state index contributed by atoms with van der Waals surface area (Å²) in [6.45, 7) is 7.42. The van der Waals surface area contributed by atoms with E-state index in [-0.39, 0.29) is 36.1 Å². The molecule has 0 atom stereocenters. The maximum Gasteiger partial charge on any atom is 0.191 e. The Hall–Kier alpha value is -1.29. The van der Waals surface area contributed by atoms with Crippen LogP contribution >= 0.6 is 35.3 Å². The van der Waals surface area contributed by atoms with Crippen LogP contribution in [0.1, 0.15) is 43.0 Å². The van der Waals surface area contributed by atoms with Gasteiger partial charge in [0, 0.05) is 23.4 Å². The third-order valence-corrected chi connectivity index (χ3v) is 4.45. The van der Waals surface area contributed by atoms with Crippen molar-refractivity contribution in [1.29, 1.82) is 0 Å². The Morgan fingerprint density at radius 1 is 1.28 bits per heavy atom. The highest BCUT2D eigenvalue weighted by Crippen LogP contribution is 2.18. The lowest BCUT2D eigenvalue weighted by molar-refractivity contribution is 0.585. The topological polar surface area (TPSA) is 49.3 Å². The number of halogens is 3. The Kier molecular flexibility index (Phi) is 9.26. The molecule has 0 bridgehead atoms. The van der Waals surface area contributed by atoms with Gasteiger partial charge in [-0.2, -0.15) is 0 Å². The summed E-state index contributed by atoms with van der Waals surface area (Å²) in [7, 11) is 0. The third-order valence-electron chi connectivity index (χ3n) is 3.26. The van der Waals surface area contributed by atoms with Crippen LogP contribution in [0.25, 0.3) is 0 Å². The summed E-state index contributed by atoms with van der Waals surface area (Å²) in [6, 6.07) is 3.38. The van der Waals surface area contributed by atoms with E-state index >= 15 is 0 Å². The minimum absolute atomic E-state index is 0. The third kappa shape index (κ3) is 6.85. The normalized spacial score (nSPS) is 11.4. The number of nitrogens with one attached hydrogen (secondary N) is 2. The highest BCUT2D eigenvalue weighted by Gasteiger charge is 2.07. The molecule has 8 heteroatoms. The first-order valence-corrected chi connectivity index (χ1v) is 8.78. The summed E-state index contributed by atoms with van der Waals surface area (Å²) >= 11 is 1.63. The van der Waals surface area contributed by atoms with Gasteiger partial charge in [0.05, 0.1) is 23.8 Å². The molecule has 0 radical (unpaired) electrons. The van der Waals surface area contributed by atoms with Crippen LogP contribution in [0.15, 0.2) is 28.6 Å². The number of aromatic nitrogens is 1. The van der Waals surface area contributed by atoms with Crippen molar-refractivity contribution in [3.63, 3.8) is 0 Å². The van der Waals surface area contributed by atoms with E-state index in [1.165, 1.54) is 0 Å². The van der Waals surface area contributed by atoms with Gasteiger partial charge in [0.2, 0.25) is 0 Å². The van der Waals surface area contributed by atoms with E-state index in [4.69, 9.17) is 0 Å². The van der Waals surface area contributed by atoms with E-state index in [0.29, 0.717) is 25.0 Å². The van der Waals surface area contributed by atoms with Crippen LogP contribution in [0.3, 0.4) is 0 Å². The minimum Gasteiger partial charge on any atom is -0.357 e. The van der Waals surface area contributed by atoms with Crippen molar-refractivity contribution < 1.29 is 8.78 Å². The van der Waals surface area contributed by atoms with Crippen LogP contribution in [0.4, 0.5) is 8.78 Å². The molecule has 0 aliphatic rings. The van der Waals surface area contributed by atoms with Crippen LogP contribution < -0.4 is 10.6 Å². The molecule has 1 aromatic heterocycles. The minimum atomic E-state index is -0.469. The molecule has 4 nitrogen and oxygen atoms in total. The van der Waals surface area contributed by atoms with E-state index < -0.39 is 11.6 Å². The second-order valence-corrected chi connectivity index (χ2v) is 6.51. The molecular weight excluding hydrogens is 457 g/mol. The predicted octanol–water partition coefficient (Wildman–Crippen LogP) is 4.42. The standard InChI is InChI=1S/C17H22F2N4S.HI/c1-4-20-17(21-8-12-7-13(18)5-6-15(12)19)22-9-14-10-24-16(23-14)11(2)3;/h5-7,10-11H,4,8-9H2,1-3H3,(H2,20,21,22);1H. The lowest BCUT2D eigenvalue weighted by atomic mass is 10.2. The number of hydrogen-bond donors (Lipinski definition) is 2. The fourth-order valence-electron chi connectivity index (χ4n) is 2.01. The Morgan fingerprint density at radius 2 is 2.04 bits per heavy atom. The quantitative estimate of drug-likeness (QED) is 0.366. The van der Waals surface area contributed by atoms with Crippen molar-refractivity contribution in [3.8, 4) is 0 Å². The van der Waals surface area contributed by atoms with E-state index in [9.17, 15) is 8.78 Å². The first-order chi connectivity index (χ1) is 11.5. The average Bonchev–Trinajstić information content (AvgIpc) is 3.02. The number of benzene rings is 1. The van der Waals surface area contributed by atoms with Crippen molar-refractivity contribution in [2.75, 3.05) is 6.54 Å². The Labute approximate surface area is 168 Å². The summed E-state index contributed by atoms with van der Waals surface area (Å²) in [6.07, 6.45) is 0. The van der Waals surface area contributed by atoms with Crippen LogP contribution in [0, 0.1) is 11.6 Å². The Morgan fingerprint density at radius 3 is 2.68 bits per heavy atom. The van der Waals surface area contributed by atoms with Gasteiger partial charge in [-0.15, -0.1) is 35.3 Å². The van der Waals surface area contributed by atoms with Gasteiger partial charge >= 0.3 is 0 Å². The van der Waals surface area contributed by atoms with E-state index in [0.717, 1.165) is 28.9 Å². The van der Waals surface area contributed by atoms with Gasteiger partial charge in [0.15, 0.2) is 5.96 Å². The van der Waals surface area contributed by atoms with Crippen molar-refractivity contribution >= 4 is 41.3 Å². The molecule has 0 fully saturated rings. The summed E-state index contributed by atoms with van der Waals surface area (Å²) < 4.78 is 26.9. The molecule has 138 valence electrons. The second kappa shape index (κ2) is 10.6. The van der Waals surface area contributed by atoms with Crippen molar-refractivity contribution in [1.82, 2.24) is 15.6 Å². The number of hydrogen-bond acceptors (Lipinski definition) is 3. The van der Waals surface area contributed by atoms with Gasteiger partial charge in [-0.3, -0.25) is 0 Å². The molecule has 2 aromatic rings. The monoisotopic (exact) mass is 480 g/mol. The second-order valence-electron chi connectivity index (χ2n) is 5.62. The van der Waals surface area contributed by atoms with E-state index in [2.05, 4.69) is 34.5 Å². The van der Waals surface area contributed by atoms with Gasteiger partial charge in [-0.25, -0.2) is 18.8 Å². The van der Waals surface area contributed by atoms with Crippen molar-refractivity contribution in [2.45, 2.75) is 39.8 Å². The summed E-state index contributed by atoms with van der Waals surface area (Å²) in [5.41, 5.74) is 1.16. The molecule has 0 aliphatic heterocycles. The van der Waals surface area contributed by atoms with Crippen LogP contribution in [0.2, 0.25) is 0 Å². The largest absolute Gasteiger partial charge is 0.357 e. The van der Waals surface area contributed by atoms with E-state index in [1.807, 2.05) is 12.3 Å². The van der Waals surface area contributed by atoms with Gasteiger partial charge < -0.3 is 10.6 Å². The number of aliphatic imine (C=N–C) groups is 1. The lowest BCUT2D eigenvalue weighted by Gasteiger charge is -2.10. The summed E-state index contributed by atoms with van der Waals surface area (Å²) in [5, 5.41) is 9.35. The Bertz CT molecular complexity index is 704. The zero-order valence-electron chi connectivity index (χ0n) is 14.5.